The highest BCUT2D eigenvalue weighted by atomic mass is 35.5. The van der Waals surface area contributed by atoms with Gasteiger partial charge in [-0.3, -0.25) is 4.79 Å². The smallest absolute Gasteiger partial charge is 0.243 e. The van der Waals surface area contributed by atoms with Gasteiger partial charge in [0.05, 0.1) is 11.4 Å². The summed E-state index contributed by atoms with van der Waals surface area (Å²) in [6, 6.07) is 10.6. The molecule has 29 heavy (non-hydrogen) atoms. The number of carbonyl (C=O) groups is 1. The van der Waals surface area contributed by atoms with Crippen LogP contribution in [-0.2, 0) is 14.8 Å². The van der Waals surface area contributed by atoms with Gasteiger partial charge in [0, 0.05) is 16.6 Å². The molecule has 0 aromatic heterocycles. The monoisotopic (exact) mass is 456 g/mol. The van der Waals surface area contributed by atoms with Crippen LogP contribution in [0.3, 0.4) is 0 Å². The Morgan fingerprint density at radius 1 is 1.21 bits per heavy atom. The summed E-state index contributed by atoms with van der Waals surface area (Å²) in [5, 5.41) is 3.82. The normalized spacial score (nSPS) is 17.3. The van der Waals surface area contributed by atoms with Crippen molar-refractivity contribution >= 4 is 39.1 Å². The summed E-state index contributed by atoms with van der Waals surface area (Å²) in [4.78, 5) is 12.7. The highest BCUT2D eigenvalue weighted by molar-refractivity contribution is 7.89. The first kappa shape index (κ1) is 21.9. The minimum absolute atomic E-state index is 0.126. The van der Waals surface area contributed by atoms with Crippen molar-refractivity contribution in [3.05, 3.63) is 58.1 Å². The summed E-state index contributed by atoms with van der Waals surface area (Å²) < 4.78 is 32.6. The molecule has 3 rings (SSSR count). The molecule has 6 nitrogen and oxygen atoms in total. The predicted molar refractivity (Wildman–Crippen MR) is 113 cm³/mol. The van der Waals surface area contributed by atoms with E-state index in [1.54, 1.807) is 12.1 Å². The Morgan fingerprint density at radius 2 is 1.93 bits per heavy atom. The summed E-state index contributed by atoms with van der Waals surface area (Å²) in [5.74, 6) is 0.285. The van der Waals surface area contributed by atoms with Crippen LogP contribution in [0.1, 0.15) is 18.4 Å². The third kappa shape index (κ3) is 5.22. The van der Waals surface area contributed by atoms with Crippen LogP contribution in [0, 0.1) is 6.92 Å². The van der Waals surface area contributed by atoms with E-state index in [1.165, 1.54) is 28.6 Å². The standard InChI is InChI=1S/C20H22Cl2N2O4S/c1-14-4-7-16(13-18(14)22)28-12-10-23-20(25)19-3-2-11-24(19)29(26,27)17-8-5-15(21)6-9-17/h4-9,13,19H,2-3,10-12H2,1H3,(H,23,25)/t19-/m1/s1. The Balaban J connectivity index is 1.57. The molecule has 1 fully saturated rings. The van der Waals surface area contributed by atoms with Gasteiger partial charge in [-0.05, 0) is 61.7 Å². The Bertz CT molecular complexity index is 980. The van der Waals surface area contributed by atoms with Crippen molar-refractivity contribution in [3.63, 3.8) is 0 Å². The molecular weight excluding hydrogens is 435 g/mol. The summed E-state index contributed by atoms with van der Waals surface area (Å²) >= 11 is 11.9. The number of benzene rings is 2. The maximum atomic E-state index is 12.9. The number of hydrogen-bond donors (Lipinski definition) is 1. The quantitative estimate of drug-likeness (QED) is 0.645. The average molecular weight is 457 g/mol. The maximum Gasteiger partial charge on any atom is 0.243 e. The molecule has 2 aromatic rings. The fraction of sp³-hybridized carbons (Fsp3) is 0.350. The Hall–Kier alpha value is -1.80. The number of ether oxygens (including phenoxy) is 1. The van der Waals surface area contributed by atoms with E-state index < -0.39 is 16.1 Å². The lowest BCUT2D eigenvalue weighted by Crippen LogP contribution is -2.46. The number of rotatable bonds is 7. The molecule has 0 radical (unpaired) electrons. The van der Waals surface area contributed by atoms with Gasteiger partial charge < -0.3 is 10.1 Å². The molecule has 9 heteroatoms. The van der Waals surface area contributed by atoms with Crippen molar-refractivity contribution < 1.29 is 17.9 Å². The number of nitrogens with zero attached hydrogens (tertiary/aromatic N) is 1. The second kappa shape index (κ2) is 9.34. The van der Waals surface area contributed by atoms with E-state index in [9.17, 15) is 13.2 Å². The first-order valence-corrected chi connectivity index (χ1v) is 11.4. The summed E-state index contributed by atoms with van der Waals surface area (Å²) in [5.41, 5.74) is 0.954. The van der Waals surface area contributed by atoms with Gasteiger partial charge in [-0.2, -0.15) is 4.31 Å². The van der Waals surface area contributed by atoms with Gasteiger partial charge >= 0.3 is 0 Å². The topological polar surface area (TPSA) is 75.7 Å². The zero-order valence-corrected chi connectivity index (χ0v) is 18.2. The van der Waals surface area contributed by atoms with E-state index in [0.29, 0.717) is 35.2 Å². The molecule has 2 aromatic carbocycles. The number of hydrogen-bond acceptors (Lipinski definition) is 4. The molecule has 1 aliphatic rings. The molecule has 1 saturated heterocycles. The minimum atomic E-state index is -3.76. The number of sulfonamides is 1. The van der Waals surface area contributed by atoms with E-state index in [4.69, 9.17) is 27.9 Å². The Morgan fingerprint density at radius 3 is 2.62 bits per heavy atom. The minimum Gasteiger partial charge on any atom is -0.492 e. The van der Waals surface area contributed by atoms with Gasteiger partial charge in [-0.15, -0.1) is 0 Å². The molecular formula is C20H22Cl2N2O4S. The van der Waals surface area contributed by atoms with Crippen molar-refractivity contribution in [1.29, 1.82) is 0 Å². The average Bonchev–Trinajstić information content (AvgIpc) is 3.19. The van der Waals surface area contributed by atoms with Crippen LogP contribution in [0.25, 0.3) is 0 Å². The number of nitrogens with one attached hydrogen (secondary N) is 1. The molecule has 1 amide bonds. The third-order valence-electron chi connectivity index (χ3n) is 4.74. The molecule has 1 N–H and O–H groups in total. The molecule has 0 spiro atoms. The molecule has 0 aliphatic carbocycles. The van der Waals surface area contributed by atoms with Gasteiger partial charge in [0.15, 0.2) is 0 Å². The molecule has 0 saturated carbocycles. The largest absolute Gasteiger partial charge is 0.492 e. The zero-order chi connectivity index (χ0) is 21.0. The number of amides is 1. The Kier molecular flexibility index (Phi) is 7.05. The molecule has 1 heterocycles. The highest BCUT2D eigenvalue weighted by Gasteiger charge is 2.39. The number of halogens is 2. The van der Waals surface area contributed by atoms with Crippen molar-refractivity contribution in [1.82, 2.24) is 9.62 Å². The van der Waals surface area contributed by atoms with E-state index in [1.807, 2.05) is 13.0 Å². The highest BCUT2D eigenvalue weighted by Crippen LogP contribution is 2.27. The third-order valence-corrected chi connectivity index (χ3v) is 7.32. The van der Waals surface area contributed by atoms with Crippen LogP contribution in [0.4, 0.5) is 0 Å². The van der Waals surface area contributed by atoms with Gasteiger partial charge in [0.25, 0.3) is 0 Å². The van der Waals surface area contributed by atoms with E-state index in [2.05, 4.69) is 5.32 Å². The van der Waals surface area contributed by atoms with E-state index in [-0.39, 0.29) is 24.0 Å². The maximum absolute atomic E-state index is 12.9. The lowest BCUT2D eigenvalue weighted by atomic mass is 10.2. The van der Waals surface area contributed by atoms with Crippen LogP contribution >= 0.6 is 23.2 Å². The number of carbonyl (C=O) groups excluding carboxylic acids is 1. The Labute approximate surface area is 180 Å². The fourth-order valence-corrected chi connectivity index (χ4v) is 5.11. The van der Waals surface area contributed by atoms with E-state index >= 15 is 0 Å². The second-order valence-electron chi connectivity index (χ2n) is 6.78. The van der Waals surface area contributed by atoms with Gasteiger partial charge in [0.2, 0.25) is 15.9 Å². The molecule has 1 atom stereocenters. The summed E-state index contributed by atoms with van der Waals surface area (Å²) in [6.07, 6.45) is 1.11. The van der Waals surface area contributed by atoms with Crippen molar-refractivity contribution in [2.45, 2.75) is 30.7 Å². The van der Waals surface area contributed by atoms with Crippen LogP contribution < -0.4 is 10.1 Å². The van der Waals surface area contributed by atoms with Crippen LogP contribution in [0.15, 0.2) is 47.4 Å². The van der Waals surface area contributed by atoms with Gasteiger partial charge in [-0.25, -0.2) is 8.42 Å². The SMILES string of the molecule is Cc1ccc(OCCNC(=O)[C@H]2CCCN2S(=O)(=O)c2ccc(Cl)cc2)cc1Cl. The molecule has 156 valence electrons. The number of aryl methyl sites for hydroxylation is 1. The lowest BCUT2D eigenvalue weighted by Gasteiger charge is -2.23. The van der Waals surface area contributed by atoms with Crippen LogP contribution in [0.2, 0.25) is 10.0 Å². The zero-order valence-electron chi connectivity index (χ0n) is 15.9. The first-order valence-electron chi connectivity index (χ1n) is 9.23. The molecule has 1 aliphatic heterocycles. The summed E-state index contributed by atoms with van der Waals surface area (Å²) in [7, 11) is -3.76. The van der Waals surface area contributed by atoms with Crippen LogP contribution in [0.5, 0.6) is 5.75 Å². The van der Waals surface area contributed by atoms with Crippen molar-refractivity contribution in [2.24, 2.45) is 0 Å². The predicted octanol–water partition coefficient (Wildman–Crippen LogP) is 3.65. The van der Waals surface area contributed by atoms with Crippen molar-refractivity contribution in [3.8, 4) is 5.75 Å². The molecule has 0 bridgehead atoms. The van der Waals surface area contributed by atoms with Gasteiger partial charge in [-0.1, -0.05) is 29.3 Å². The van der Waals surface area contributed by atoms with Crippen LogP contribution in [-0.4, -0.2) is 44.4 Å². The lowest BCUT2D eigenvalue weighted by molar-refractivity contribution is -0.124. The van der Waals surface area contributed by atoms with E-state index in [0.717, 1.165) is 5.56 Å². The van der Waals surface area contributed by atoms with Gasteiger partial charge in [0.1, 0.15) is 18.4 Å². The first-order chi connectivity index (χ1) is 13.8. The fourth-order valence-electron chi connectivity index (χ4n) is 3.16. The van der Waals surface area contributed by atoms with Crippen molar-refractivity contribution in [2.75, 3.05) is 19.7 Å². The summed E-state index contributed by atoms with van der Waals surface area (Å²) in [6.45, 7) is 2.72. The molecule has 0 unspecified atom stereocenters. The second-order valence-corrected chi connectivity index (χ2v) is 9.51.